The van der Waals surface area contributed by atoms with Crippen molar-refractivity contribution in [2.75, 3.05) is 18.0 Å². The van der Waals surface area contributed by atoms with Gasteiger partial charge in [0.05, 0.1) is 12.0 Å². The second-order valence-electron chi connectivity index (χ2n) is 5.35. The maximum absolute atomic E-state index is 9.26. The summed E-state index contributed by atoms with van der Waals surface area (Å²) in [5.74, 6) is 0.107. The highest BCUT2D eigenvalue weighted by molar-refractivity contribution is 9.10. The summed E-state index contributed by atoms with van der Waals surface area (Å²) >= 11 is 3.49. The first-order valence-electron chi connectivity index (χ1n) is 5.93. The largest absolute Gasteiger partial charge is 0.370 e. The zero-order valence-corrected chi connectivity index (χ0v) is 11.9. The number of piperidine rings is 1. The average molecular weight is 293 g/mol. The van der Waals surface area contributed by atoms with E-state index in [1.165, 1.54) is 5.69 Å². The van der Waals surface area contributed by atoms with Gasteiger partial charge < -0.3 is 4.90 Å². The summed E-state index contributed by atoms with van der Waals surface area (Å²) in [5, 5.41) is 9.26. The van der Waals surface area contributed by atoms with Gasteiger partial charge in [-0.3, -0.25) is 0 Å². The number of benzene rings is 1. The predicted octanol–water partition coefficient (Wildman–Crippen LogP) is 3.83. The molecule has 1 aromatic carbocycles. The minimum absolute atomic E-state index is 0.107. The van der Waals surface area contributed by atoms with E-state index >= 15 is 0 Å². The van der Waals surface area contributed by atoms with Crippen LogP contribution in [0.25, 0.3) is 0 Å². The molecule has 17 heavy (non-hydrogen) atoms. The molecule has 1 fully saturated rings. The van der Waals surface area contributed by atoms with Crippen LogP contribution < -0.4 is 4.90 Å². The van der Waals surface area contributed by atoms with E-state index < -0.39 is 0 Å². The van der Waals surface area contributed by atoms with Crippen molar-refractivity contribution in [3.05, 3.63) is 28.7 Å². The summed E-state index contributed by atoms with van der Waals surface area (Å²) in [6.07, 6.45) is 1.07. The average Bonchev–Trinajstić information content (AvgIpc) is 2.28. The van der Waals surface area contributed by atoms with Gasteiger partial charge in [0.2, 0.25) is 0 Å². The number of hydrogen-bond acceptors (Lipinski definition) is 2. The molecule has 0 bridgehead atoms. The molecule has 0 amide bonds. The highest BCUT2D eigenvalue weighted by Crippen LogP contribution is 2.37. The van der Waals surface area contributed by atoms with E-state index in [1.54, 1.807) is 0 Å². The van der Waals surface area contributed by atoms with Gasteiger partial charge in [-0.25, -0.2) is 0 Å². The Hall–Kier alpha value is -1.01. The first kappa shape index (κ1) is 12.4. The molecule has 3 heteroatoms. The summed E-state index contributed by atoms with van der Waals surface area (Å²) < 4.78 is 1.09. The summed E-state index contributed by atoms with van der Waals surface area (Å²) in [4.78, 5) is 2.31. The fraction of sp³-hybridized carbons (Fsp3) is 0.500. The lowest BCUT2D eigenvalue weighted by molar-refractivity contribution is 0.217. The van der Waals surface area contributed by atoms with Crippen molar-refractivity contribution < 1.29 is 0 Å². The lowest BCUT2D eigenvalue weighted by Crippen LogP contribution is -2.44. The van der Waals surface area contributed by atoms with Gasteiger partial charge in [0, 0.05) is 23.2 Å². The molecule has 2 rings (SSSR count). The third-order valence-corrected chi connectivity index (χ3v) is 4.19. The summed E-state index contributed by atoms with van der Waals surface area (Å²) in [6, 6.07) is 10.8. The van der Waals surface area contributed by atoms with Crippen LogP contribution in [0.2, 0.25) is 0 Å². The molecule has 1 aliphatic heterocycles. The Morgan fingerprint density at radius 1 is 1.47 bits per heavy atom. The molecule has 0 spiro atoms. The van der Waals surface area contributed by atoms with E-state index in [2.05, 4.69) is 52.9 Å². The summed E-state index contributed by atoms with van der Waals surface area (Å²) in [5.41, 5.74) is 1.34. The monoisotopic (exact) mass is 292 g/mol. The molecule has 1 aliphatic rings. The number of nitrogens with zero attached hydrogens (tertiary/aromatic N) is 2. The van der Waals surface area contributed by atoms with Crippen molar-refractivity contribution in [3.8, 4) is 6.07 Å². The molecule has 1 unspecified atom stereocenters. The molecular weight excluding hydrogens is 276 g/mol. The lowest BCUT2D eigenvalue weighted by atomic mass is 9.74. The third kappa shape index (κ3) is 2.63. The predicted molar refractivity (Wildman–Crippen MR) is 73.9 cm³/mol. The van der Waals surface area contributed by atoms with Crippen molar-refractivity contribution in [2.45, 2.75) is 20.3 Å². The Morgan fingerprint density at radius 2 is 2.24 bits per heavy atom. The maximum atomic E-state index is 9.26. The number of nitriles is 1. The van der Waals surface area contributed by atoms with Crippen LogP contribution in [0.3, 0.4) is 0 Å². The van der Waals surface area contributed by atoms with Crippen molar-refractivity contribution in [3.63, 3.8) is 0 Å². The highest BCUT2D eigenvalue weighted by atomic mass is 79.9. The van der Waals surface area contributed by atoms with Crippen LogP contribution in [0.4, 0.5) is 5.69 Å². The Kier molecular flexibility index (Phi) is 3.44. The van der Waals surface area contributed by atoms with Gasteiger partial charge >= 0.3 is 0 Å². The molecule has 0 saturated carbocycles. The minimum atomic E-state index is 0.107. The molecular formula is C14H17BrN2. The van der Waals surface area contributed by atoms with Crippen LogP contribution in [0.5, 0.6) is 0 Å². The first-order valence-corrected chi connectivity index (χ1v) is 6.72. The standard InChI is InChI=1S/C14H17BrN2/c1-14(2)6-7-17(10-11(14)9-16)13-5-3-4-12(15)8-13/h3-5,8,11H,6-7,10H2,1-2H3. The fourth-order valence-electron chi connectivity index (χ4n) is 2.28. The van der Waals surface area contributed by atoms with Crippen molar-refractivity contribution >= 4 is 21.6 Å². The normalized spacial score (nSPS) is 23.2. The van der Waals surface area contributed by atoms with Gasteiger partial charge in [0.1, 0.15) is 0 Å². The van der Waals surface area contributed by atoms with Gasteiger partial charge in [-0.2, -0.15) is 5.26 Å². The first-order chi connectivity index (χ1) is 8.03. The molecule has 1 heterocycles. The number of anilines is 1. The molecule has 2 nitrogen and oxygen atoms in total. The molecule has 0 N–H and O–H groups in total. The topological polar surface area (TPSA) is 27.0 Å². The zero-order valence-electron chi connectivity index (χ0n) is 10.3. The lowest BCUT2D eigenvalue weighted by Gasteiger charge is -2.41. The van der Waals surface area contributed by atoms with Crippen molar-refractivity contribution in [2.24, 2.45) is 11.3 Å². The molecule has 0 radical (unpaired) electrons. The van der Waals surface area contributed by atoms with E-state index in [9.17, 15) is 5.26 Å². The zero-order chi connectivity index (χ0) is 12.5. The highest BCUT2D eigenvalue weighted by Gasteiger charge is 2.35. The number of hydrogen-bond donors (Lipinski definition) is 0. The van der Waals surface area contributed by atoms with Crippen LogP contribution >= 0.6 is 15.9 Å². The fourth-order valence-corrected chi connectivity index (χ4v) is 2.67. The Balaban J connectivity index is 2.18. The second kappa shape index (κ2) is 4.70. The van der Waals surface area contributed by atoms with Crippen LogP contribution in [0, 0.1) is 22.7 Å². The number of halogens is 1. The summed E-state index contributed by atoms with van der Waals surface area (Å²) in [6.45, 7) is 6.25. The van der Waals surface area contributed by atoms with Gasteiger partial charge in [-0.15, -0.1) is 0 Å². The SMILES string of the molecule is CC1(C)CCN(c2cccc(Br)c2)CC1C#N. The van der Waals surface area contributed by atoms with Gasteiger partial charge in [0.15, 0.2) is 0 Å². The third-order valence-electron chi connectivity index (χ3n) is 3.70. The molecule has 90 valence electrons. The van der Waals surface area contributed by atoms with Crippen molar-refractivity contribution in [1.82, 2.24) is 0 Å². The van der Waals surface area contributed by atoms with E-state index in [-0.39, 0.29) is 11.3 Å². The van der Waals surface area contributed by atoms with Crippen molar-refractivity contribution in [1.29, 1.82) is 5.26 Å². The molecule has 0 aliphatic carbocycles. The molecule has 1 saturated heterocycles. The van der Waals surface area contributed by atoms with E-state index in [0.717, 1.165) is 24.0 Å². The van der Waals surface area contributed by atoms with Crippen LogP contribution in [-0.2, 0) is 0 Å². The maximum Gasteiger partial charge on any atom is 0.0690 e. The summed E-state index contributed by atoms with van der Waals surface area (Å²) in [7, 11) is 0. The molecule has 0 aromatic heterocycles. The molecule has 1 atom stereocenters. The molecule has 1 aromatic rings. The van der Waals surface area contributed by atoms with Gasteiger partial charge in [-0.05, 0) is 30.0 Å². The minimum Gasteiger partial charge on any atom is -0.370 e. The second-order valence-corrected chi connectivity index (χ2v) is 6.26. The van der Waals surface area contributed by atoms with E-state index in [0.29, 0.717) is 0 Å². The Morgan fingerprint density at radius 3 is 2.88 bits per heavy atom. The van der Waals surface area contributed by atoms with Crippen LogP contribution in [-0.4, -0.2) is 13.1 Å². The van der Waals surface area contributed by atoms with Crippen LogP contribution in [0.15, 0.2) is 28.7 Å². The van der Waals surface area contributed by atoms with Gasteiger partial charge in [0.25, 0.3) is 0 Å². The number of rotatable bonds is 1. The Labute approximate surface area is 111 Å². The van der Waals surface area contributed by atoms with Crippen LogP contribution in [0.1, 0.15) is 20.3 Å². The smallest absolute Gasteiger partial charge is 0.0690 e. The van der Waals surface area contributed by atoms with Gasteiger partial charge in [-0.1, -0.05) is 35.8 Å². The van der Waals surface area contributed by atoms with E-state index in [4.69, 9.17) is 0 Å². The quantitative estimate of drug-likeness (QED) is 0.787. The van der Waals surface area contributed by atoms with E-state index in [1.807, 2.05) is 12.1 Å². The Bertz CT molecular complexity index is 448.